The van der Waals surface area contributed by atoms with E-state index in [1.165, 1.54) is 0 Å². The Hall–Kier alpha value is -0.730. The van der Waals surface area contributed by atoms with E-state index in [9.17, 15) is 4.57 Å². The van der Waals surface area contributed by atoms with Crippen LogP contribution in [0.2, 0.25) is 0 Å². The molecule has 0 amide bonds. The average molecular weight is 256 g/mol. The van der Waals surface area contributed by atoms with Gasteiger partial charge in [0.1, 0.15) is 13.5 Å². The molecule has 2 heterocycles. The van der Waals surface area contributed by atoms with Crippen molar-refractivity contribution in [2.45, 2.75) is 20.8 Å². The lowest BCUT2D eigenvalue weighted by molar-refractivity contribution is 0.588. The van der Waals surface area contributed by atoms with Crippen LogP contribution in [0.5, 0.6) is 0 Å². The first-order valence-corrected chi connectivity index (χ1v) is 8.67. The van der Waals surface area contributed by atoms with Crippen LogP contribution in [0, 0.1) is 6.92 Å². The molecule has 2 rings (SSSR count). The van der Waals surface area contributed by atoms with Gasteiger partial charge in [-0.1, -0.05) is 13.8 Å². The molecule has 5 heteroatoms. The van der Waals surface area contributed by atoms with Gasteiger partial charge in [-0.15, -0.1) is 11.3 Å². The van der Waals surface area contributed by atoms with Crippen molar-refractivity contribution in [3.05, 3.63) is 18.1 Å². The number of aromatic nitrogens is 2. The maximum Gasteiger partial charge on any atom is 0.119 e. The highest BCUT2D eigenvalue weighted by molar-refractivity contribution is 7.76. The van der Waals surface area contributed by atoms with Gasteiger partial charge in [-0.25, -0.2) is 9.97 Å². The molecule has 88 valence electrons. The molecular weight excluding hydrogens is 239 g/mol. The molecule has 0 spiro atoms. The molecule has 0 aliphatic heterocycles. The van der Waals surface area contributed by atoms with Gasteiger partial charge in [-0.05, 0) is 26.3 Å². The summed E-state index contributed by atoms with van der Waals surface area (Å²) in [6.45, 7) is 9.50. The van der Waals surface area contributed by atoms with Crippen molar-refractivity contribution in [3.63, 3.8) is 0 Å². The minimum atomic E-state index is -2.16. The van der Waals surface area contributed by atoms with Crippen LogP contribution in [0.4, 0.5) is 0 Å². The molecule has 2 aromatic rings. The van der Waals surface area contributed by atoms with E-state index < -0.39 is 7.14 Å². The van der Waals surface area contributed by atoms with E-state index in [0.717, 1.165) is 20.5 Å². The highest BCUT2D eigenvalue weighted by Gasteiger charge is 2.16. The first kappa shape index (κ1) is 13.3. The van der Waals surface area contributed by atoms with E-state index in [4.69, 9.17) is 0 Å². The smallest absolute Gasteiger partial charge is 0.119 e. The Balaban J connectivity index is 0.000000606. The van der Waals surface area contributed by atoms with Gasteiger partial charge >= 0.3 is 0 Å². The van der Waals surface area contributed by atoms with Crippen LogP contribution >= 0.6 is 18.5 Å². The third kappa shape index (κ3) is 2.69. The van der Waals surface area contributed by atoms with Crippen molar-refractivity contribution in [3.8, 4) is 0 Å². The van der Waals surface area contributed by atoms with E-state index in [2.05, 4.69) is 9.97 Å². The largest absolute Gasteiger partial charge is 0.318 e. The summed E-state index contributed by atoms with van der Waals surface area (Å²) in [5, 5.41) is 0. The van der Waals surface area contributed by atoms with Gasteiger partial charge in [-0.3, -0.25) is 0 Å². The summed E-state index contributed by atoms with van der Waals surface area (Å²) < 4.78 is 13.8. The Morgan fingerprint density at radius 1 is 1.25 bits per heavy atom. The van der Waals surface area contributed by atoms with E-state index in [1.807, 2.05) is 26.8 Å². The standard InChI is InChI=1S/C9H11N2OPS.C2H6/c1-6-9-7(11-5-10-6)4-8(14-9)13(2,3)12;1-2/h4-5H,1-3H3;1-2H3. The molecular formula is C11H17N2OPS. The number of hydrogen-bond donors (Lipinski definition) is 0. The zero-order chi connectivity index (χ0) is 12.3. The van der Waals surface area contributed by atoms with Gasteiger partial charge in [0.05, 0.1) is 20.5 Å². The quantitative estimate of drug-likeness (QED) is 0.735. The minimum absolute atomic E-state index is 0.904. The number of hydrogen-bond acceptors (Lipinski definition) is 4. The fourth-order valence-electron chi connectivity index (χ4n) is 1.23. The minimum Gasteiger partial charge on any atom is -0.318 e. The lowest BCUT2D eigenvalue weighted by Crippen LogP contribution is -1.93. The molecule has 0 N–H and O–H groups in total. The number of thiophene rings is 1. The SMILES string of the molecule is CC.Cc1ncnc2cc(P(C)(C)=O)sc12. The summed E-state index contributed by atoms with van der Waals surface area (Å²) in [6, 6.07) is 1.91. The molecule has 0 unspecified atom stereocenters. The molecule has 0 atom stereocenters. The molecule has 0 aliphatic rings. The van der Waals surface area contributed by atoms with Gasteiger partial charge < -0.3 is 4.57 Å². The number of aryl methyl sites for hydroxylation is 1. The van der Waals surface area contributed by atoms with Gasteiger partial charge in [0.15, 0.2) is 0 Å². The first-order chi connectivity index (χ1) is 7.48. The van der Waals surface area contributed by atoms with E-state index in [1.54, 1.807) is 31.0 Å². The van der Waals surface area contributed by atoms with E-state index in [-0.39, 0.29) is 0 Å². The molecule has 0 bridgehead atoms. The van der Waals surface area contributed by atoms with Crippen molar-refractivity contribution in [2.75, 3.05) is 13.3 Å². The Morgan fingerprint density at radius 3 is 2.38 bits per heavy atom. The fourth-order valence-corrected chi connectivity index (χ4v) is 3.61. The van der Waals surface area contributed by atoms with E-state index in [0.29, 0.717) is 0 Å². The maximum absolute atomic E-state index is 11.9. The Bertz CT molecular complexity index is 530. The van der Waals surface area contributed by atoms with Crippen molar-refractivity contribution < 1.29 is 4.57 Å². The van der Waals surface area contributed by atoms with Crippen LogP contribution in [0.1, 0.15) is 19.5 Å². The predicted molar refractivity (Wildman–Crippen MR) is 72.6 cm³/mol. The fraction of sp³-hybridized carbons (Fsp3) is 0.455. The maximum atomic E-state index is 11.9. The third-order valence-electron chi connectivity index (χ3n) is 2.01. The van der Waals surface area contributed by atoms with Crippen molar-refractivity contribution in [1.29, 1.82) is 0 Å². The second-order valence-corrected chi connectivity index (χ2v) is 8.15. The molecule has 2 aromatic heterocycles. The summed E-state index contributed by atoms with van der Waals surface area (Å²) >= 11 is 1.54. The third-order valence-corrected chi connectivity index (χ3v) is 5.83. The highest BCUT2D eigenvalue weighted by Crippen LogP contribution is 2.39. The summed E-state index contributed by atoms with van der Waals surface area (Å²) in [5.41, 5.74) is 1.86. The zero-order valence-electron chi connectivity index (χ0n) is 10.3. The Morgan fingerprint density at radius 2 is 1.88 bits per heavy atom. The van der Waals surface area contributed by atoms with Crippen molar-refractivity contribution in [2.24, 2.45) is 0 Å². The summed E-state index contributed by atoms with van der Waals surface area (Å²) in [4.78, 5) is 8.27. The van der Waals surface area contributed by atoms with Crippen LogP contribution in [0.15, 0.2) is 12.4 Å². The van der Waals surface area contributed by atoms with E-state index >= 15 is 0 Å². The van der Waals surface area contributed by atoms with Gasteiger partial charge in [-0.2, -0.15) is 0 Å². The topological polar surface area (TPSA) is 42.9 Å². The summed E-state index contributed by atoms with van der Waals surface area (Å²) in [7, 11) is -2.16. The monoisotopic (exact) mass is 256 g/mol. The highest BCUT2D eigenvalue weighted by atomic mass is 32.1. The van der Waals surface area contributed by atoms with Crippen LogP contribution in [-0.2, 0) is 4.57 Å². The Labute approximate surface area is 100 Å². The summed E-state index contributed by atoms with van der Waals surface area (Å²) in [5.74, 6) is 0. The molecule has 0 aliphatic carbocycles. The second-order valence-electron chi connectivity index (χ2n) is 3.61. The molecule has 0 saturated carbocycles. The van der Waals surface area contributed by atoms with Crippen LogP contribution in [0.3, 0.4) is 0 Å². The number of rotatable bonds is 1. The predicted octanol–water partition coefficient (Wildman–Crippen LogP) is 3.27. The summed E-state index contributed by atoms with van der Waals surface area (Å²) in [6.07, 6.45) is 1.55. The van der Waals surface area contributed by atoms with Crippen LogP contribution < -0.4 is 4.62 Å². The molecule has 0 radical (unpaired) electrons. The van der Waals surface area contributed by atoms with Gasteiger partial charge in [0.2, 0.25) is 0 Å². The van der Waals surface area contributed by atoms with Crippen LogP contribution in [0.25, 0.3) is 10.2 Å². The molecule has 0 aromatic carbocycles. The van der Waals surface area contributed by atoms with Gasteiger partial charge in [0.25, 0.3) is 0 Å². The Kier molecular flexibility index (Phi) is 4.22. The molecule has 3 nitrogen and oxygen atoms in total. The lowest BCUT2D eigenvalue weighted by Gasteiger charge is -1.99. The van der Waals surface area contributed by atoms with Crippen molar-refractivity contribution in [1.82, 2.24) is 9.97 Å². The first-order valence-electron chi connectivity index (χ1n) is 5.25. The molecule has 16 heavy (non-hydrogen) atoms. The van der Waals surface area contributed by atoms with Gasteiger partial charge in [0, 0.05) is 0 Å². The molecule has 0 saturated heterocycles. The second kappa shape index (κ2) is 5.07. The number of fused-ring (bicyclic) bond motifs is 1. The van der Waals surface area contributed by atoms with Crippen LogP contribution in [-0.4, -0.2) is 23.3 Å². The lowest BCUT2D eigenvalue weighted by atomic mass is 10.4. The normalized spacial score (nSPS) is 11.1. The van der Waals surface area contributed by atoms with Crippen molar-refractivity contribution >= 4 is 33.3 Å². The number of nitrogens with zero attached hydrogens (tertiary/aromatic N) is 2. The average Bonchev–Trinajstić information content (AvgIpc) is 2.65. The zero-order valence-corrected chi connectivity index (χ0v) is 12.0. The molecule has 0 fully saturated rings.